The van der Waals surface area contributed by atoms with Crippen molar-refractivity contribution in [3.8, 4) is 17.4 Å². The van der Waals surface area contributed by atoms with Gasteiger partial charge in [0, 0.05) is 23.7 Å². The number of benzene rings is 1. The normalized spacial score (nSPS) is 12.3. The molecule has 0 aliphatic heterocycles. The average molecular weight is 374 g/mol. The van der Waals surface area contributed by atoms with Crippen LogP contribution in [0.4, 0.5) is 5.69 Å². The molecular weight excluding hydrogens is 358 g/mol. The van der Waals surface area contributed by atoms with E-state index in [9.17, 15) is 20.2 Å². The predicted octanol–water partition coefficient (Wildman–Crippen LogP) is 4.33. The molecule has 0 unspecified atom stereocenters. The van der Waals surface area contributed by atoms with Gasteiger partial charge in [0.05, 0.1) is 4.92 Å². The van der Waals surface area contributed by atoms with Crippen LogP contribution < -0.4 is 5.32 Å². The minimum absolute atomic E-state index is 0.0268. The third-order valence-corrected chi connectivity index (χ3v) is 4.02. The number of carbonyl (C=O) groups is 1. The highest BCUT2D eigenvalue weighted by Gasteiger charge is 2.16. The molecule has 26 heavy (non-hydrogen) atoms. The summed E-state index contributed by atoms with van der Waals surface area (Å²) in [5.41, 5.74) is 0.139. The number of furan rings is 1. The zero-order valence-electron chi connectivity index (χ0n) is 14.2. The highest BCUT2D eigenvalue weighted by molar-refractivity contribution is 6.32. The first-order valence-electron chi connectivity index (χ1n) is 7.82. The SMILES string of the molecule is CC[C@@H](C)NC(=O)/C(C#N)=C/c1ccc(-c2ccc(Cl)c([N+](=O)[O-])c2)o1. The van der Waals surface area contributed by atoms with Gasteiger partial charge in [-0.1, -0.05) is 18.5 Å². The quantitative estimate of drug-likeness (QED) is 0.350. The Balaban J connectivity index is 2.29. The van der Waals surface area contributed by atoms with Gasteiger partial charge in [0.1, 0.15) is 28.2 Å². The minimum Gasteiger partial charge on any atom is -0.457 e. The van der Waals surface area contributed by atoms with Crippen LogP contribution in [0.25, 0.3) is 17.4 Å². The summed E-state index contributed by atoms with van der Waals surface area (Å²) in [6.07, 6.45) is 2.07. The molecule has 0 aliphatic carbocycles. The zero-order valence-corrected chi connectivity index (χ0v) is 14.9. The molecular formula is C18H16ClN3O4. The number of nitro groups is 1. The van der Waals surface area contributed by atoms with Crippen molar-refractivity contribution >= 4 is 29.3 Å². The van der Waals surface area contributed by atoms with Crippen molar-refractivity contribution in [3.05, 3.63) is 56.8 Å². The first-order valence-corrected chi connectivity index (χ1v) is 8.20. The van der Waals surface area contributed by atoms with Gasteiger partial charge in [0.25, 0.3) is 11.6 Å². The first-order chi connectivity index (χ1) is 12.3. The van der Waals surface area contributed by atoms with Crippen LogP contribution in [-0.4, -0.2) is 16.9 Å². The maximum Gasteiger partial charge on any atom is 0.288 e. The van der Waals surface area contributed by atoms with Crippen LogP contribution in [0.1, 0.15) is 26.0 Å². The fraction of sp³-hybridized carbons (Fsp3) is 0.222. The first kappa shape index (κ1) is 19.2. The van der Waals surface area contributed by atoms with Crippen molar-refractivity contribution in [3.63, 3.8) is 0 Å². The van der Waals surface area contributed by atoms with Crippen LogP contribution in [0.15, 0.2) is 40.3 Å². The molecule has 0 saturated carbocycles. The molecule has 1 atom stereocenters. The number of nitrogens with one attached hydrogen (secondary N) is 1. The number of nitriles is 1. The van der Waals surface area contributed by atoms with E-state index in [-0.39, 0.29) is 28.1 Å². The van der Waals surface area contributed by atoms with Gasteiger partial charge in [0.15, 0.2) is 0 Å². The number of hydrogen-bond acceptors (Lipinski definition) is 5. The summed E-state index contributed by atoms with van der Waals surface area (Å²) in [6.45, 7) is 3.76. The number of amides is 1. The Morgan fingerprint density at radius 2 is 2.19 bits per heavy atom. The van der Waals surface area contributed by atoms with Crippen LogP contribution in [0.2, 0.25) is 5.02 Å². The summed E-state index contributed by atoms with van der Waals surface area (Å²) in [4.78, 5) is 22.5. The van der Waals surface area contributed by atoms with E-state index in [1.165, 1.54) is 18.2 Å². The second-order valence-electron chi connectivity index (χ2n) is 5.58. The number of nitro benzene ring substituents is 1. The predicted molar refractivity (Wildman–Crippen MR) is 97.3 cm³/mol. The lowest BCUT2D eigenvalue weighted by Crippen LogP contribution is -2.32. The molecule has 2 rings (SSSR count). The summed E-state index contributed by atoms with van der Waals surface area (Å²) in [5.74, 6) is 0.158. The maximum atomic E-state index is 12.0. The number of nitrogens with zero attached hydrogens (tertiary/aromatic N) is 2. The minimum atomic E-state index is -0.581. The third-order valence-electron chi connectivity index (χ3n) is 3.70. The second-order valence-corrected chi connectivity index (χ2v) is 5.99. The van der Waals surface area contributed by atoms with E-state index in [2.05, 4.69) is 5.32 Å². The van der Waals surface area contributed by atoms with E-state index in [0.717, 1.165) is 6.42 Å². The number of carbonyl (C=O) groups excluding carboxylic acids is 1. The van der Waals surface area contributed by atoms with Crippen LogP contribution in [0, 0.1) is 21.4 Å². The summed E-state index contributed by atoms with van der Waals surface area (Å²) < 4.78 is 5.58. The number of hydrogen-bond donors (Lipinski definition) is 1. The van der Waals surface area contributed by atoms with E-state index >= 15 is 0 Å². The lowest BCUT2D eigenvalue weighted by atomic mass is 10.1. The molecule has 0 spiro atoms. The van der Waals surface area contributed by atoms with E-state index < -0.39 is 10.8 Å². The molecule has 2 aromatic rings. The fourth-order valence-electron chi connectivity index (χ4n) is 2.09. The van der Waals surface area contributed by atoms with Gasteiger partial charge in [-0.05, 0) is 37.6 Å². The topological polar surface area (TPSA) is 109 Å². The van der Waals surface area contributed by atoms with Gasteiger partial charge >= 0.3 is 0 Å². The van der Waals surface area contributed by atoms with Crippen LogP contribution in [-0.2, 0) is 4.79 Å². The van der Waals surface area contributed by atoms with Crippen molar-refractivity contribution in [2.75, 3.05) is 0 Å². The molecule has 0 fully saturated rings. The van der Waals surface area contributed by atoms with E-state index in [0.29, 0.717) is 11.3 Å². The van der Waals surface area contributed by atoms with Crippen LogP contribution in [0.3, 0.4) is 0 Å². The molecule has 1 aromatic heterocycles. The van der Waals surface area contributed by atoms with Gasteiger partial charge in [0.2, 0.25) is 0 Å². The molecule has 7 nitrogen and oxygen atoms in total. The molecule has 0 saturated heterocycles. The fourth-order valence-corrected chi connectivity index (χ4v) is 2.27. The Hall–Kier alpha value is -3.11. The van der Waals surface area contributed by atoms with E-state index in [1.54, 1.807) is 18.2 Å². The Morgan fingerprint density at radius 1 is 1.46 bits per heavy atom. The molecule has 0 bridgehead atoms. The lowest BCUT2D eigenvalue weighted by molar-refractivity contribution is -0.384. The van der Waals surface area contributed by atoms with Gasteiger partial charge in [-0.25, -0.2) is 0 Å². The Labute approximate surface area is 155 Å². The summed E-state index contributed by atoms with van der Waals surface area (Å²) >= 11 is 5.80. The van der Waals surface area contributed by atoms with Crippen molar-refractivity contribution in [2.45, 2.75) is 26.3 Å². The maximum absolute atomic E-state index is 12.0. The summed E-state index contributed by atoms with van der Waals surface area (Å²) in [7, 11) is 0. The Morgan fingerprint density at radius 3 is 2.81 bits per heavy atom. The molecule has 8 heteroatoms. The third kappa shape index (κ3) is 4.49. The van der Waals surface area contributed by atoms with Crippen molar-refractivity contribution in [1.82, 2.24) is 5.32 Å². The van der Waals surface area contributed by atoms with Crippen molar-refractivity contribution < 1.29 is 14.1 Å². The molecule has 1 amide bonds. The van der Waals surface area contributed by atoms with Crippen molar-refractivity contribution in [1.29, 1.82) is 5.26 Å². The van der Waals surface area contributed by atoms with Gasteiger partial charge in [-0.2, -0.15) is 5.26 Å². The molecule has 1 N–H and O–H groups in total. The molecule has 1 aromatic carbocycles. The van der Waals surface area contributed by atoms with Gasteiger partial charge < -0.3 is 9.73 Å². The highest BCUT2D eigenvalue weighted by atomic mass is 35.5. The molecule has 0 radical (unpaired) electrons. The second kappa shape index (κ2) is 8.32. The number of halogens is 1. The van der Waals surface area contributed by atoms with Gasteiger partial charge in [-0.15, -0.1) is 0 Å². The zero-order chi connectivity index (χ0) is 19.3. The smallest absolute Gasteiger partial charge is 0.288 e. The Bertz CT molecular complexity index is 911. The average Bonchev–Trinajstić information content (AvgIpc) is 3.08. The largest absolute Gasteiger partial charge is 0.457 e. The standard InChI is InChI=1S/C18H16ClN3O4/c1-3-11(2)21-18(23)13(10-20)8-14-5-7-17(26-14)12-4-6-15(19)16(9-12)22(24)25/h4-9,11H,3H2,1-2H3,(H,21,23)/b13-8+/t11-/m1/s1. The lowest BCUT2D eigenvalue weighted by Gasteiger charge is -2.09. The molecule has 0 aliphatic rings. The van der Waals surface area contributed by atoms with Crippen LogP contribution >= 0.6 is 11.6 Å². The highest BCUT2D eigenvalue weighted by Crippen LogP contribution is 2.31. The van der Waals surface area contributed by atoms with E-state index in [4.69, 9.17) is 16.0 Å². The van der Waals surface area contributed by atoms with Gasteiger partial charge in [-0.3, -0.25) is 14.9 Å². The number of rotatable bonds is 6. The monoisotopic (exact) mass is 373 g/mol. The van der Waals surface area contributed by atoms with Crippen molar-refractivity contribution in [2.24, 2.45) is 0 Å². The Kier molecular flexibility index (Phi) is 6.15. The summed E-state index contributed by atoms with van der Waals surface area (Å²) in [6, 6.07) is 9.26. The molecule has 1 heterocycles. The van der Waals surface area contributed by atoms with E-state index in [1.807, 2.05) is 19.9 Å². The summed E-state index contributed by atoms with van der Waals surface area (Å²) in [5, 5.41) is 22.9. The van der Waals surface area contributed by atoms with Crippen LogP contribution in [0.5, 0.6) is 0 Å². The molecule has 134 valence electrons.